The molecule has 0 radical (unpaired) electrons. The third-order valence-electron chi connectivity index (χ3n) is 4.76. The Morgan fingerprint density at radius 1 is 1.19 bits per heavy atom. The molecule has 0 unspecified atom stereocenters. The Morgan fingerprint density at radius 3 is 2.50 bits per heavy atom. The Labute approximate surface area is 192 Å². The molecule has 0 atom stereocenters. The van der Waals surface area contributed by atoms with Gasteiger partial charge in [0.25, 0.3) is 5.91 Å². The standard InChI is InChI=1S/C24H29N3O4S/c1-4-5-15-27(24(30)20-7-6-8-21(16-20)31-3)17(2)32-23(26-25)19-12-9-18(10-13-19)11-14-22(28)29/h6-10,12-13,16H,2,4-5,11,14-15,25H2,1,3H3,(H,28,29)/b26-23-. The summed E-state index contributed by atoms with van der Waals surface area (Å²) in [5, 5.41) is 13.8. The van der Waals surface area contributed by atoms with Crippen molar-refractivity contribution < 1.29 is 19.4 Å². The molecule has 0 bridgehead atoms. The van der Waals surface area contributed by atoms with Crippen LogP contribution in [0.15, 0.2) is 65.2 Å². The van der Waals surface area contributed by atoms with E-state index in [2.05, 4.69) is 18.6 Å². The number of carbonyl (C=O) groups excluding carboxylic acids is 1. The molecule has 2 rings (SSSR count). The molecule has 7 nitrogen and oxygen atoms in total. The van der Waals surface area contributed by atoms with Gasteiger partial charge < -0.3 is 20.6 Å². The van der Waals surface area contributed by atoms with E-state index in [0.29, 0.717) is 34.4 Å². The highest BCUT2D eigenvalue weighted by molar-refractivity contribution is 8.17. The van der Waals surface area contributed by atoms with Gasteiger partial charge in [0.15, 0.2) is 0 Å². The highest BCUT2D eigenvalue weighted by Crippen LogP contribution is 2.27. The number of aliphatic carboxylic acids is 1. The van der Waals surface area contributed by atoms with Gasteiger partial charge in [-0.25, -0.2) is 0 Å². The number of hydrogen-bond acceptors (Lipinski definition) is 6. The van der Waals surface area contributed by atoms with Crippen molar-refractivity contribution in [1.82, 2.24) is 4.90 Å². The number of carbonyl (C=O) groups is 2. The zero-order valence-corrected chi connectivity index (χ0v) is 19.2. The topological polar surface area (TPSA) is 105 Å². The molecule has 0 saturated heterocycles. The van der Waals surface area contributed by atoms with Crippen molar-refractivity contribution in [2.75, 3.05) is 13.7 Å². The molecule has 0 heterocycles. The molecule has 0 aliphatic rings. The van der Waals surface area contributed by atoms with Crippen molar-refractivity contribution in [3.8, 4) is 5.75 Å². The van der Waals surface area contributed by atoms with Crippen molar-refractivity contribution in [1.29, 1.82) is 0 Å². The van der Waals surface area contributed by atoms with Crippen molar-refractivity contribution in [3.05, 3.63) is 76.8 Å². The van der Waals surface area contributed by atoms with Crippen LogP contribution >= 0.6 is 11.8 Å². The van der Waals surface area contributed by atoms with Crippen molar-refractivity contribution in [2.24, 2.45) is 10.9 Å². The number of hydrogen-bond donors (Lipinski definition) is 2. The van der Waals surface area contributed by atoms with Crippen LogP contribution < -0.4 is 10.6 Å². The minimum absolute atomic E-state index is 0.0709. The van der Waals surface area contributed by atoms with E-state index < -0.39 is 5.97 Å². The third-order valence-corrected chi connectivity index (χ3v) is 5.75. The van der Waals surface area contributed by atoms with Gasteiger partial charge in [-0.05, 0) is 36.6 Å². The summed E-state index contributed by atoms with van der Waals surface area (Å²) in [6.07, 6.45) is 2.27. The Balaban J connectivity index is 2.18. The van der Waals surface area contributed by atoms with E-state index in [-0.39, 0.29) is 12.3 Å². The summed E-state index contributed by atoms with van der Waals surface area (Å²) >= 11 is 1.22. The normalized spacial score (nSPS) is 11.1. The molecule has 0 saturated carbocycles. The van der Waals surface area contributed by atoms with Gasteiger partial charge in [0.05, 0.1) is 12.1 Å². The number of carboxylic acids is 1. The van der Waals surface area contributed by atoms with Crippen LogP contribution in [0.4, 0.5) is 0 Å². The summed E-state index contributed by atoms with van der Waals surface area (Å²) in [4.78, 5) is 25.6. The average Bonchev–Trinajstić information content (AvgIpc) is 2.81. The Bertz CT molecular complexity index is 973. The predicted octanol–water partition coefficient (Wildman–Crippen LogP) is 4.48. The van der Waals surface area contributed by atoms with Crippen LogP contribution in [0.1, 0.15) is 47.7 Å². The maximum absolute atomic E-state index is 13.2. The highest BCUT2D eigenvalue weighted by atomic mass is 32.2. The third kappa shape index (κ3) is 7.16. The summed E-state index contributed by atoms with van der Waals surface area (Å²) < 4.78 is 5.24. The number of nitrogens with two attached hydrogens (primary N) is 1. The van der Waals surface area contributed by atoms with E-state index in [9.17, 15) is 9.59 Å². The minimum Gasteiger partial charge on any atom is -0.497 e. The zero-order chi connectivity index (χ0) is 23.5. The number of thioether (sulfide) groups is 1. The van der Waals surface area contributed by atoms with Crippen LogP contribution in [0, 0.1) is 0 Å². The van der Waals surface area contributed by atoms with Crippen LogP contribution in [0.5, 0.6) is 5.75 Å². The first-order valence-electron chi connectivity index (χ1n) is 10.3. The lowest BCUT2D eigenvalue weighted by Crippen LogP contribution is -2.30. The molecule has 0 aromatic heterocycles. The van der Waals surface area contributed by atoms with Crippen LogP contribution in [0.3, 0.4) is 0 Å². The molecule has 0 aliphatic heterocycles. The number of methoxy groups -OCH3 is 1. The van der Waals surface area contributed by atoms with Gasteiger partial charge in [-0.3, -0.25) is 9.59 Å². The summed E-state index contributed by atoms with van der Waals surface area (Å²) in [6, 6.07) is 14.4. The Morgan fingerprint density at radius 2 is 1.91 bits per heavy atom. The molecule has 8 heteroatoms. The summed E-state index contributed by atoms with van der Waals surface area (Å²) in [7, 11) is 1.56. The molecule has 0 aliphatic carbocycles. The first-order valence-corrected chi connectivity index (χ1v) is 11.1. The lowest BCUT2D eigenvalue weighted by atomic mass is 10.1. The second-order valence-corrected chi connectivity index (χ2v) is 8.13. The second kappa shape index (κ2) is 12.6. The molecule has 3 N–H and O–H groups in total. The van der Waals surface area contributed by atoms with Gasteiger partial charge in [-0.1, -0.05) is 62.0 Å². The van der Waals surface area contributed by atoms with Crippen LogP contribution in [0.2, 0.25) is 0 Å². The molecular formula is C24H29N3O4S. The van der Waals surface area contributed by atoms with Gasteiger partial charge in [0.2, 0.25) is 0 Å². The predicted molar refractivity (Wildman–Crippen MR) is 129 cm³/mol. The molecular weight excluding hydrogens is 426 g/mol. The number of benzene rings is 2. The number of nitrogens with zero attached hydrogens (tertiary/aromatic N) is 2. The largest absolute Gasteiger partial charge is 0.497 e. The molecule has 2 aromatic rings. The smallest absolute Gasteiger partial charge is 0.303 e. The fourth-order valence-electron chi connectivity index (χ4n) is 2.96. The lowest BCUT2D eigenvalue weighted by Gasteiger charge is -2.24. The van der Waals surface area contributed by atoms with Crippen LogP contribution in [-0.4, -0.2) is 40.6 Å². The van der Waals surface area contributed by atoms with Crippen molar-refractivity contribution in [3.63, 3.8) is 0 Å². The average molecular weight is 456 g/mol. The monoisotopic (exact) mass is 455 g/mol. The van der Waals surface area contributed by atoms with Gasteiger partial charge in [-0.15, -0.1) is 0 Å². The Kier molecular flexibility index (Phi) is 9.81. The molecule has 170 valence electrons. The number of rotatable bonds is 11. The highest BCUT2D eigenvalue weighted by Gasteiger charge is 2.21. The molecule has 2 aromatic carbocycles. The maximum Gasteiger partial charge on any atom is 0.303 e. The second-order valence-electron chi connectivity index (χ2n) is 7.06. The van der Waals surface area contributed by atoms with E-state index in [1.807, 2.05) is 24.3 Å². The number of hydrazone groups is 1. The first-order chi connectivity index (χ1) is 15.4. The van der Waals surface area contributed by atoms with Gasteiger partial charge in [-0.2, -0.15) is 5.10 Å². The number of carboxylic acid groups (broad SMARTS) is 1. The van der Waals surface area contributed by atoms with Crippen molar-refractivity contribution >= 4 is 28.7 Å². The first kappa shape index (κ1) is 25.0. The van der Waals surface area contributed by atoms with Crippen LogP contribution in [0.25, 0.3) is 0 Å². The zero-order valence-electron chi connectivity index (χ0n) is 18.4. The summed E-state index contributed by atoms with van der Waals surface area (Å²) in [6.45, 7) is 6.69. The van der Waals surface area contributed by atoms with Gasteiger partial charge in [0, 0.05) is 24.1 Å². The fourth-order valence-corrected chi connectivity index (χ4v) is 3.77. The number of amides is 1. The quantitative estimate of drug-likeness (QED) is 0.224. The number of unbranched alkanes of at least 4 members (excludes halogenated alkanes) is 1. The number of ether oxygens (including phenoxy) is 1. The Hall–Kier alpha value is -3.26. The van der Waals surface area contributed by atoms with E-state index >= 15 is 0 Å². The van der Waals surface area contributed by atoms with E-state index in [1.165, 1.54) is 11.8 Å². The molecule has 0 fully saturated rings. The van der Waals surface area contributed by atoms with E-state index in [0.717, 1.165) is 24.0 Å². The summed E-state index contributed by atoms with van der Waals surface area (Å²) in [5.74, 6) is 5.25. The van der Waals surface area contributed by atoms with Crippen molar-refractivity contribution in [2.45, 2.75) is 32.6 Å². The lowest BCUT2D eigenvalue weighted by molar-refractivity contribution is -0.136. The van der Waals surface area contributed by atoms with Gasteiger partial charge >= 0.3 is 5.97 Å². The molecule has 32 heavy (non-hydrogen) atoms. The van der Waals surface area contributed by atoms with Gasteiger partial charge in [0.1, 0.15) is 10.8 Å². The summed E-state index contributed by atoms with van der Waals surface area (Å²) in [5.41, 5.74) is 2.19. The fraction of sp³-hybridized carbons (Fsp3) is 0.292. The maximum atomic E-state index is 13.2. The van der Waals surface area contributed by atoms with E-state index in [1.54, 1.807) is 36.3 Å². The van der Waals surface area contributed by atoms with Crippen LogP contribution in [-0.2, 0) is 11.2 Å². The molecule has 1 amide bonds. The number of aryl methyl sites for hydroxylation is 1. The SMILES string of the molecule is C=C(S/C(=N\N)c1ccc(CCC(=O)O)cc1)N(CCCC)C(=O)c1cccc(OC)c1. The van der Waals surface area contributed by atoms with E-state index in [4.69, 9.17) is 15.7 Å². The minimum atomic E-state index is -0.835. The molecule has 0 spiro atoms.